The summed E-state index contributed by atoms with van der Waals surface area (Å²) in [7, 11) is 4.91. The topological polar surface area (TPSA) is 64.2 Å². The molecule has 2 fully saturated rings. The third kappa shape index (κ3) is 6.64. The maximum Gasteiger partial charge on any atom is 0.203 e. The molecule has 8 heteroatoms. The summed E-state index contributed by atoms with van der Waals surface area (Å²) in [5, 5.41) is 8.17. The van der Waals surface area contributed by atoms with Gasteiger partial charge in [-0.1, -0.05) is 0 Å². The molecule has 1 unspecified atom stereocenters. The number of benzene rings is 1. The average Bonchev–Trinajstić information content (AvgIpc) is 3.23. The number of hydrogen-bond acceptors (Lipinski definition) is 6. The summed E-state index contributed by atoms with van der Waals surface area (Å²) in [5.41, 5.74) is 1.07. The van der Waals surface area contributed by atoms with Crippen LogP contribution in [-0.4, -0.2) is 67.7 Å². The van der Waals surface area contributed by atoms with Gasteiger partial charge in [0.1, 0.15) is 0 Å². The van der Waals surface area contributed by atoms with Crippen LogP contribution in [0.2, 0.25) is 0 Å². The van der Waals surface area contributed by atoms with Gasteiger partial charge in [0, 0.05) is 42.4 Å². The van der Waals surface area contributed by atoms with Gasteiger partial charge in [0.25, 0.3) is 0 Å². The molecule has 0 aliphatic carbocycles. The third-order valence-corrected chi connectivity index (χ3v) is 6.78. The van der Waals surface area contributed by atoms with Crippen LogP contribution < -0.4 is 24.8 Å². The Morgan fingerprint density at radius 3 is 2.30 bits per heavy atom. The molecule has 1 atom stereocenters. The molecular weight excluding hydrogens is 438 g/mol. The molecule has 2 aliphatic rings. The molecule has 2 saturated heterocycles. The SMILES string of the molecule is COc1ccc(CN(CC2CCCO2)C(=S)NC2CC(C)(C)NC(C)(C)C2)c(OC)c1OC. The quantitative estimate of drug-likeness (QED) is 0.545. The molecule has 0 aromatic heterocycles. The molecule has 7 nitrogen and oxygen atoms in total. The summed E-state index contributed by atoms with van der Waals surface area (Å²) >= 11 is 5.97. The number of piperidine rings is 1. The highest BCUT2D eigenvalue weighted by molar-refractivity contribution is 7.80. The molecule has 1 aromatic carbocycles. The standard InChI is InChI=1S/C25H41N3O4S/c1-24(2)13-18(14-25(3,4)27-24)26-23(33)28(16-19-9-8-12-32-19)15-17-10-11-20(29-5)22(31-7)21(17)30-6/h10-11,18-19,27H,8-9,12-16H2,1-7H3,(H,26,33). The fourth-order valence-electron chi connectivity index (χ4n) is 5.44. The van der Waals surface area contributed by atoms with Crippen LogP contribution in [0.1, 0.15) is 58.9 Å². The first-order valence-electron chi connectivity index (χ1n) is 11.8. The Kier molecular flexibility index (Phi) is 8.35. The molecule has 2 heterocycles. The van der Waals surface area contributed by atoms with Crippen molar-refractivity contribution in [3.05, 3.63) is 17.7 Å². The molecule has 0 amide bonds. The number of nitrogens with one attached hydrogen (secondary N) is 2. The summed E-state index contributed by atoms with van der Waals surface area (Å²) in [4.78, 5) is 2.21. The lowest BCUT2D eigenvalue weighted by Gasteiger charge is -2.47. The molecule has 0 saturated carbocycles. The normalized spacial score (nSPS) is 22.0. The van der Waals surface area contributed by atoms with Gasteiger partial charge in [0.2, 0.25) is 5.75 Å². The van der Waals surface area contributed by atoms with E-state index in [1.165, 1.54) is 0 Å². The summed E-state index contributed by atoms with van der Waals surface area (Å²) in [6, 6.07) is 4.22. The van der Waals surface area contributed by atoms with Crippen molar-refractivity contribution in [2.45, 2.75) is 83.1 Å². The molecule has 3 rings (SSSR count). The highest BCUT2D eigenvalue weighted by Crippen LogP contribution is 2.40. The van der Waals surface area contributed by atoms with Gasteiger partial charge in [0.15, 0.2) is 16.6 Å². The third-order valence-electron chi connectivity index (χ3n) is 6.40. The van der Waals surface area contributed by atoms with Gasteiger partial charge in [-0.15, -0.1) is 0 Å². The van der Waals surface area contributed by atoms with Crippen LogP contribution in [0.25, 0.3) is 0 Å². The zero-order valence-corrected chi connectivity index (χ0v) is 22.1. The lowest BCUT2D eigenvalue weighted by molar-refractivity contribution is 0.0885. The van der Waals surface area contributed by atoms with Crippen molar-refractivity contribution < 1.29 is 18.9 Å². The summed E-state index contributed by atoms with van der Waals surface area (Å²) < 4.78 is 22.7. The smallest absolute Gasteiger partial charge is 0.203 e. The van der Waals surface area contributed by atoms with Crippen molar-refractivity contribution in [2.24, 2.45) is 0 Å². The first-order chi connectivity index (χ1) is 15.6. The van der Waals surface area contributed by atoms with Crippen LogP contribution in [-0.2, 0) is 11.3 Å². The number of nitrogens with zero attached hydrogens (tertiary/aromatic N) is 1. The second-order valence-corrected chi connectivity index (χ2v) is 10.8. The van der Waals surface area contributed by atoms with Crippen LogP contribution in [0.15, 0.2) is 12.1 Å². The van der Waals surface area contributed by atoms with Crippen LogP contribution in [0.5, 0.6) is 17.2 Å². The summed E-state index contributed by atoms with van der Waals surface area (Å²) in [5.74, 6) is 1.90. The number of ether oxygens (including phenoxy) is 4. The zero-order chi connectivity index (χ0) is 24.2. The molecule has 186 valence electrons. The Bertz CT molecular complexity index is 808. The Morgan fingerprint density at radius 2 is 1.76 bits per heavy atom. The highest BCUT2D eigenvalue weighted by atomic mass is 32.1. The molecule has 0 spiro atoms. The Morgan fingerprint density at radius 1 is 1.09 bits per heavy atom. The van der Waals surface area contributed by atoms with Gasteiger partial charge in [-0.05, 0) is 77.7 Å². The van der Waals surface area contributed by atoms with Crippen LogP contribution in [0.4, 0.5) is 0 Å². The van der Waals surface area contributed by atoms with Crippen molar-refractivity contribution in [3.63, 3.8) is 0 Å². The van der Waals surface area contributed by atoms with E-state index in [0.29, 0.717) is 29.8 Å². The van der Waals surface area contributed by atoms with E-state index in [9.17, 15) is 0 Å². The summed E-state index contributed by atoms with van der Waals surface area (Å²) in [6.45, 7) is 11.2. The van der Waals surface area contributed by atoms with Gasteiger partial charge in [-0.3, -0.25) is 0 Å². The largest absolute Gasteiger partial charge is 0.493 e. The average molecular weight is 480 g/mol. The molecule has 33 heavy (non-hydrogen) atoms. The van der Waals surface area contributed by atoms with E-state index in [-0.39, 0.29) is 17.2 Å². The van der Waals surface area contributed by atoms with E-state index >= 15 is 0 Å². The number of thiocarbonyl (C=S) groups is 1. The Hall–Kier alpha value is -1.77. The first-order valence-corrected chi connectivity index (χ1v) is 12.2. The van der Waals surface area contributed by atoms with Crippen LogP contribution >= 0.6 is 12.2 Å². The maximum atomic E-state index is 5.97. The molecule has 2 N–H and O–H groups in total. The minimum absolute atomic E-state index is 0.0427. The van der Waals surface area contributed by atoms with Crippen molar-refractivity contribution in [1.29, 1.82) is 0 Å². The predicted molar refractivity (Wildman–Crippen MR) is 136 cm³/mol. The van der Waals surface area contributed by atoms with Crippen LogP contribution in [0.3, 0.4) is 0 Å². The van der Waals surface area contributed by atoms with Crippen molar-refractivity contribution in [2.75, 3.05) is 34.5 Å². The fraction of sp³-hybridized carbons (Fsp3) is 0.720. The number of hydrogen-bond donors (Lipinski definition) is 2. The maximum absolute atomic E-state index is 5.97. The van der Waals surface area contributed by atoms with Gasteiger partial charge in [-0.25, -0.2) is 0 Å². The molecule has 0 radical (unpaired) electrons. The van der Waals surface area contributed by atoms with Crippen molar-refractivity contribution in [3.8, 4) is 17.2 Å². The molecular formula is C25H41N3O4S. The Balaban J connectivity index is 1.82. The van der Waals surface area contributed by atoms with Gasteiger partial charge in [0.05, 0.1) is 27.4 Å². The zero-order valence-electron chi connectivity index (χ0n) is 21.2. The van der Waals surface area contributed by atoms with Crippen molar-refractivity contribution >= 4 is 17.3 Å². The highest BCUT2D eigenvalue weighted by Gasteiger charge is 2.38. The predicted octanol–water partition coefficient (Wildman–Crippen LogP) is 3.88. The molecule has 0 bridgehead atoms. The monoisotopic (exact) mass is 479 g/mol. The van der Waals surface area contributed by atoms with Gasteiger partial charge < -0.3 is 34.5 Å². The second-order valence-electron chi connectivity index (χ2n) is 10.5. The van der Waals surface area contributed by atoms with E-state index in [2.05, 4.69) is 43.2 Å². The second kappa shape index (κ2) is 10.7. The lowest BCUT2D eigenvalue weighted by Crippen LogP contribution is -2.63. The Labute approximate surface area is 204 Å². The number of rotatable bonds is 8. The van der Waals surface area contributed by atoms with E-state index in [4.69, 9.17) is 31.2 Å². The fourth-order valence-corrected chi connectivity index (χ4v) is 5.74. The summed E-state index contributed by atoms with van der Waals surface area (Å²) in [6.07, 6.45) is 4.33. The minimum Gasteiger partial charge on any atom is -0.493 e. The minimum atomic E-state index is 0.0427. The first kappa shape index (κ1) is 25.8. The molecule has 1 aromatic rings. The van der Waals surface area contributed by atoms with E-state index in [0.717, 1.165) is 49.5 Å². The van der Waals surface area contributed by atoms with Crippen molar-refractivity contribution in [1.82, 2.24) is 15.5 Å². The van der Waals surface area contributed by atoms with E-state index in [1.807, 2.05) is 12.1 Å². The molecule has 2 aliphatic heterocycles. The van der Waals surface area contributed by atoms with Gasteiger partial charge >= 0.3 is 0 Å². The van der Waals surface area contributed by atoms with Crippen LogP contribution in [0, 0.1) is 0 Å². The van der Waals surface area contributed by atoms with E-state index < -0.39 is 0 Å². The van der Waals surface area contributed by atoms with E-state index in [1.54, 1.807) is 21.3 Å². The number of methoxy groups -OCH3 is 3. The lowest BCUT2D eigenvalue weighted by atomic mass is 9.80. The van der Waals surface area contributed by atoms with Gasteiger partial charge in [-0.2, -0.15) is 0 Å².